The molecular weight excluding hydrogens is 270 g/mol. The van der Waals surface area contributed by atoms with Crippen molar-refractivity contribution in [1.82, 2.24) is 5.32 Å². The summed E-state index contributed by atoms with van der Waals surface area (Å²) in [6.45, 7) is 2.04. The van der Waals surface area contributed by atoms with Gasteiger partial charge in [-0.15, -0.1) is 0 Å². The lowest BCUT2D eigenvalue weighted by molar-refractivity contribution is -0.157. The van der Waals surface area contributed by atoms with Gasteiger partial charge in [0.15, 0.2) is 0 Å². The third-order valence-corrected chi connectivity index (χ3v) is 4.48. The first-order chi connectivity index (χ1) is 10.0. The minimum absolute atomic E-state index is 0.0261. The molecule has 1 saturated heterocycles. The lowest BCUT2D eigenvalue weighted by atomic mass is 9.74. The first-order valence-electron chi connectivity index (χ1n) is 7.15. The van der Waals surface area contributed by atoms with Crippen molar-refractivity contribution in [3.63, 3.8) is 0 Å². The summed E-state index contributed by atoms with van der Waals surface area (Å²) in [4.78, 5) is 23.4. The summed E-state index contributed by atoms with van der Waals surface area (Å²) in [5.41, 5.74) is 1.79. The van der Waals surface area contributed by atoms with Gasteiger partial charge < -0.3 is 14.8 Å². The van der Waals surface area contributed by atoms with Crippen molar-refractivity contribution in [3.8, 4) is 5.75 Å². The van der Waals surface area contributed by atoms with Gasteiger partial charge in [-0.2, -0.15) is 0 Å². The highest BCUT2D eigenvalue weighted by Crippen LogP contribution is 2.53. The van der Waals surface area contributed by atoms with Gasteiger partial charge in [0, 0.05) is 25.3 Å². The lowest BCUT2D eigenvalue weighted by Gasteiger charge is -2.37. The molecule has 0 saturated carbocycles. The van der Waals surface area contributed by atoms with E-state index in [-0.39, 0.29) is 23.4 Å². The average molecular weight is 289 g/mol. The number of methoxy groups -OCH3 is 1. The van der Waals surface area contributed by atoms with Gasteiger partial charge >= 0.3 is 5.97 Å². The molecule has 2 atom stereocenters. The van der Waals surface area contributed by atoms with Crippen LogP contribution in [-0.4, -0.2) is 25.5 Å². The summed E-state index contributed by atoms with van der Waals surface area (Å²) in [5.74, 6) is 0.447. The third kappa shape index (κ3) is 2.37. The van der Waals surface area contributed by atoms with E-state index >= 15 is 0 Å². The van der Waals surface area contributed by atoms with E-state index in [1.165, 1.54) is 6.92 Å². The molecule has 5 nitrogen and oxygen atoms in total. The monoisotopic (exact) mass is 289 g/mol. The standard InChI is InChI=1S/C16H19NO4/c1-10(18)21-15-13-7-12(20-2)4-3-11(13)8-16(15)5-6-17-14(19)9-16/h3-4,7,15H,5-6,8-9H2,1-2H3,(H,17,19)/t15-,16?/m0/s1. The zero-order valence-electron chi connectivity index (χ0n) is 12.3. The summed E-state index contributed by atoms with van der Waals surface area (Å²) in [7, 11) is 1.61. The van der Waals surface area contributed by atoms with E-state index in [1.54, 1.807) is 7.11 Å². The molecule has 1 aliphatic heterocycles. The number of carbonyl (C=O) groups is 2. The van der Waals surface area contributed by atoms with Crippen molar-refractivity contribution in [1.29, 1.82) is 0 Å². The van der Waals surface area contributed by atoms with E-state index in [4.69, 9.17) is 9.47 Å². The number of piperidine rings is 1. The molecule has 1 aromatic carbocycles. The fourth-order valence-electron chi connectivity index (χ4n) is 3.56. The molecule has 2 aliphatic rings. The van der Waals surface area contributed by atoms with Crippen LogP contribution in [0.1, 0.15) is 37.0 Å². The van der Waals surface area contributed by atoms with Crippen molar-refractivity contribution in [2.45, 2.75) is 32.3 Å². The molecule has 1 spiro atoms. The first kappa shape index (κ1) is 13.9. The van der Waals surface area contributed by atoms with Crippen LogP contribution in [0, 0.1) is 5.41 Å². The van der Waals surface area contributed by atoms with E-state index in [1.807, 2.05) is 18.2 Å². The molecule has 1 amide bonds. The Hall–Kier alpha value is -2.04. The number of amides is 1. The number of rotatable bonds is 2. The molecule has 3 rings (SSSR count). The van der Waals surface area contributed by atoms with E-state index in [9.17, 15) is 9.59 Å². The van der Waals surface area contributed by atoms with Crippen LogP contribution in [0.25, 0.3) is 0 Å². The van der Waals surface area contributed by atoms with Crippen LogP contribution < -0.4 is 10.1 Å². The number of benzene rings is 1. The second-order valence-corrected chi connectivity index (χ2v) is 5.87. The van der Waals surface area contributed by atoms with Crippen molar-refractivity contribution < 1.29 is 19.1 Å². The maximum absolute atomic E-state index is 11.9. The predicted octanol–water partition coefficient (Wildman–Crippen LogP) is 1.75. The predicted molar refractivity (Wildman–Crippen MR) is 75.9 cm³/mol. The average Bonchev–Trinajstić information content (AvgIpc) is 2.71. The Labute approximate surface area is 123 Å². The van der Waals surface area contributed by atoms with Crippen LogP contribution >= 0.6 is 0 Å². The van der Waals surface area contributed by atoms with Crippen LogP contribution in [0.4, 0.5) is 0 Å². The van der Waals surface area contributed by atoms with Gasteiger partial charge in [0.2, 0.25) is 5.91 Å². The molecule has 1 N–H and O–H groups in total. The van der Waals surface area contributed by atoms with Crippen molar-refractivity contribution in [2.75, 3.05) is 13.7 Å². The van der Waals surface area contributed by atoms with Crippen LogP contribution in [0.15, 0.2) is 18.2 Å². The molecule has 5 heteroatoms. The first-order valence-corrected chi connectivity index (χ1v) is 7.15. The number of hydrogen-bond acceptors (Lipinski definition) is 4. The lowest BCUT2D eigenvalue weighted by Crippen LogP contribution is -2.44. The number of fused-ring (bicyclic) bond motifs is 1. The summed E-state index contributed by atoms with van der Waals surface area (Å²) in [5, 5.41) is 2.85. The molecule has 1 aliphatic carbocycles. The Morgan fingerprint density at radius 2 is 2.19 bits per heavy atom. The molecule has 1 aromatic rings. The highest BCUT2D eigenvalue weighted by molar-refractivity contribution is 5.78. The smallest absolute Gasteiger partial charge is 0.303 e. The molecule has 1 fully saturated rings. The van der Waals surface area contributed by atoms with Gasteiger partial charge in [-0.1, -0.05) is 6.07 Å². The normalized spacial score (nSPS) is 27.1. The van der Waals surface area contributed by atoms with Crippen molar-refractivity contribution >= 4 is 11.9 Å². The number of ether oxygens (including phenoxy) is 2. The van der Waals surface area contributed by atoms with Gasteiger partial charge in [-0.3, -0.25) is 9.59 Å². The molecule has 21 heavy (non-hydrogen) atoms. The summed E-state index contributed by atoms with van der Waals surface area (Å²) in [6, 6.07) is 5.84. The van der Waals surface area contributed by atoms with Gasteiger partial charge in [0.1, 0.15) is 11.9 Å². The summed E-state index contributed by atoms with van der Waals surface area (Å²) in [6.07, 6.45) is 1.60. The van der Waals surface area contributed by atoms with Gasteiger partial charge in [0.05, 0.1) is 7.11 Å². The van der Waals surface area contributed by atoms with E-state index < -0.39 is 0 Å². The second kappa shape index (κ2) is 5.06. The molecule has 1 unspecified atom stereocenters. The number of nitrogens with one attached hydrogen (secondary N) is 1. The Morgan fingerprint density at radius 1 is 1.38 bits per heavy atom. The Morgan fingerprint density at radius 3 is 2.86 bits per heavy atom. The molecular formula is C16H19NO4. The number of hydrogen-bond donors (Lipinski definition) is 1. The molecule has 0 aromatic heterocycles. The second-order valence-electron chi connectivity index (χ2n) is 5.87. The maximum atomic E-state index is 11.9. The van der Waals surface area contributed by atoms with Crippen LogP contribution in [0.2, 0.25) is 0 Å². The summed E-state index contributed by atoms with van der Waals surface area (Å²) < 4.78 is 10.9. The number of carbonyl (C=O) groups excluding carboxylic acids is 2. The Balaban J connectivity index is 2.03. The molecule has 1 heterocycles. The quantitative estimate of drug-likeness (QED) is 0.842. The largest absolute Gasteiger partial charge is 0.497 e. The van der Waals surface area contributed by atoms with Crippen molar-refractivity contribution in [2.24, 2.45) is 5.41 Å². The van der Waals surface area contributed by atoms with Gasteiger partial charge in [0.25, 0.3) is 0 Å². The zero-order chi connectivity index (χ0) is 15.0. The van der Waals surface area contributed by atoms with Crippen LogP contribution in [0.3, 0.4) is 0 Å². The van der Waals surface area contributed by atoms with Crippen molar-refractivity contribution in [3.05, 3.63) is 29.3 Å². The fourth-order valence-corrected chi connectivity index (χ4v) is 3.56. The SMILES string of the molecule is COc1ccc2c(c1)[C@H](OC(C)=O)C1(CCNC(=O)C1)C2. The number of esters is 1. The minimum atomic E-state index is -0.369. The Bertz CT molecular complexity index is 598. The minimum Gasteiger partial charge on any atom is -0.497 e. The third-order valence-electron chi connectivity index (χ3n) is 4.48. The van der Waals surface area contributed by atoms with Crippen LogP contribution in [0.5, 0.6) is 5.75 Å². The van der Waals surface area contributed by atoms with Gasteiger partial charge in [-0.25, -0.2) is 0 Å². The highest BCUT2D eigenvalue weighted by Gasteiger charge is 2.50. The van der Waals surface area contributed by atoms with Crippen LogP contribution in [-0.2, 0) is 20.7 Å². The molecule has 112 valence electrons. The van der Waals surface area contributed by atoms with E-state index in [0.29, 0.717) is 13.0 Å². The van der Waals surface area contributed by atoms with Gasteiger partial charge in [-0.05, 0) is 36.1 Å². The molecule has 0 radical (unpaired) electrons. The topological polar surface area (TPSA) is 64.6 Å². The molecule has 0 bridgehead atoms. The maximum Gasteiger partial charge on any atom is 0.303 e. The summed E-state index contributed by atoms with van der Waals surface area (Å²) >= 11 is 0. The zero-order valence-corrected chi connectivity index (χ0v) is 12.3. The Kier molecular flexibility index (Phi) is 3.35. The highest BCUT2D eigenvalue weighted by atomic mass is 16.5. The van der Waals surface area contributed by atoms with E-state index in [0.717, 1.165) is 29.7 Å². The fraction of sp³-hybridized carbons (Fsp3) is 0.500. The van der Waals surface area contributed by atoms with E-state index in [2.05, 4.69) is 5.32 Å².